The van der Waals surface area contributed by atoms with Crippen LogP contribution in [0.2, 0.25) is 0 Å². The Balaban J connectivity index is 1.54. The Hall–Kier alpha value is -4.12. The molecule has 3 aromatic carbocycles. The number of nitrogens with one attached hydrogen (secondary N) is 1. The normalized spacial score (nSPS) is 10.8. The van der Waals surface area contributed by atoms with Gasteiger partial charge in [0.2, 0.25) is 5.91 Å². The van der Waals surface area contributed by atoms with Crippen molar-refractivity contribution in [2.24, 2.45) is 0 Å². The molecular formula is C23H17F2N5O3S. The van der Waals surface area contributed by atoms with E-state index in [0.29, 0.717) is 23.1 Å². The largest absolute Gasteiger partial charge is 0.323 e. The number of benzene rings is 3. The molecule has 8 nitrogen and oxygen atoms in total. The number of carbonyl (C=O) groups excluding carboxylic acids is 1. The van der Waals surface area contributed by atoms with E-state index >= 15 is 0 Å². The lowest BCUT2D eigenvalue weighted by atomic mass is 10.2. The van der Waals surface area contributed by atoms with Crippen molar-refractivity contribution in [1.82, 2.24) is 14.8 Å². The Bertz CT molecular complexity index is 1330. The molecule has 0 saturated carbocycles. The summed E-state index contributed by atoms with van der Waals surface area (Å²) in [6, 6.07) is 18.3. The van der Waals surface area contributed by atoms with Crippen molar-refractivity contribution in [2.75, 3.05) is 11.1 Å². The minimum Gasteiger partial charge on any atom is -0.323 e. The van der Waals surface area contributed by atoms with Gasteiger partial charge < -0.3 is 5.32 Å². The summed E-state index contributed by atoms with van der Waals surface area (Å²) in [6.07, 6.45) is 0. The molecule has 0 unspecified atom stereocenters. The number of hydrogen-bond donors (Lipinski definition) is 1. The molecule has 0 spiro atoms. The van der Waals surface area contributed by atoms with E-state index in [2.05, 4.69) is 15.5 Å². The summed E-state index contributed by atoms with van der Waals surface area (Å²) in [6.45, 7) is 0.407. The number of nitrogens with zero attached hydrogens (tertiary/aromatic N) is 4. The number of halogens is 2. The monoisotopic (exact) mass is 481 g/mol. The molecule has 4 aromatic rings. The molecule has 0 atom stereocenters. The first-order chi connectivity index (χ1) is 16.4. The average Bonchev–Trinajstić information content (AvgIpc) is 3.22. The fourth-order valence-electron chi connectivity index (χ4n) is 3.16. The van der Waals surface area contributed by atoms with Crippen LogP contribution in [0.1, 0.15) is 5.56 Å². The molecule has 4 rings (SSSR count). The van der Waals surface area contributed by atoms with Gasteiger partial charge in [-0.3, -0.25) is 19.5 Å². The van der Waals surface area contributed by atoms with Gasteiger partial charge in [0.05, 0.1) is 22.9 Å². The van der Waals surface area contributed by atoms with E-state index in [1.165, 1.54) is 12.1 Å². The van der Waals surface area contributed by atoms with Crippen molar-refractivity contribution >= 4 is 29.0 Å². The number of carbonyl (C=O) groups is 1. The average molecular weight is 481 g/mol. The van der Waals surface area contributed by atoms with Crippen molar-refractivity contribution < 1.29 is 18.5 Å². The summed E-state index contributed by atoms with van der Waals surface area (Å²) in [4.78, 5) is 22.7. The lowest BCUT2D eigenvalue weighted by molar-refractivity contribution is -0.384. The van der Waals surface area contributed by atoms with Crippen LogP contribution < -0.4 is 5.32 Å². The number of thioether (sulfide) groups is 1. The van der Waals surface area contributed by atoms with Crippen molar-refractivity contribution in [2.45, 2.75) is 11.7 Å². The Morgan fingerprint density at radius 2 is 1.76 bits per heavy atom. The third-order valence-electron chi connectivity index (χ3n) is 4.77. The van der Waals surface area contributed by atoms with Crippen LogP contribution in [0.5, 0.6) is 0 Å². The fourth-order valence-corrected chi connectivity index (χ4v) is 3.89. The van der Waals surface area contributed by atoms with E-state index in [0.717, 1.165) is 35.5 Å². The Kier molecular flexibility index (Phi) is 6.93. The topological polar surface area (TPSA) is 103 Å². The highest BCUT2D eigenvalue weighted by Crippen LogP contribution is 2.26. The Morgan fingerprint density at radius 3 is 2.47 bits per heavy atom. The maximum absolute atomic E-state index is 14.0. The molecule has 1 N–H and O–H groups in total. The zero-order valence-electron chi connectivity index (χ0n) is 17.5. The zero-order chi connectivity index (χ0) is 24.1. The molecule has 0 aliphatic heterocycles. The smallest absolute Gasteiger partial charge is 0.271 e. The van der Waals surface area contributed by atoms with Gasteiger partial charge in [0.15, 0.2) is 11.0 Å². The summed E-state index contributed by atoms with van der Waals surface area (Å²) < 4.78 is 29.2. The maximum Gasteiger partial charge on any atom is 0.271 e. The number of anilines is 1. The second-order valence-electron chi connectivity index (χ2n) is 7.14. The second-order valence-corrected chi connectivity index (χ2v) is 8.09. The molecule has 0 radical (unpaired) electrons. The predicted molar refractivity (Wildman–Crippen MR) is 123 cm³/mol. The molecule has 0 fully saturated rings. The highest BCUT2D eigenvalue weighted by Gasteiger charge is 2.18. The highest BCUT2D eigenvalue weighted by atomic mass is 32.2. The van der Waals surface area contributed by atoms with E-state index in [1.807, 2.05) is 30.3 Å². The quantitative estimate of drug-likeness (QED) is 0.218. The van der Waals surface area contributed by atoms with Gasteiger partial charge in [0.25, 0.3) is 5.69 Å². The first-order valence-electron chi connectivity index (χ1n) is 10.0. The van der Waals surface area contributed by atoms with E-state index in [-0.39, 0.29) is 22.9 Å². The first-order valence-corrected chi connectivity index (χ1v) is 11.0. The zero-order valence-corrected chi connectivity index (χ0v) is 18.3. The van der Waals surface area contributed by atoms with E-state index in [1.54, 1.807) is 16.7 Å². The van der Waals surface area contributed by atoms with Crippen LogP contribution in [0.4, 0.5) is 20.2 Å². The lowest BCUT2D eigenvalue weighted by Crippen LogP contribution is -2.16. The molecule has 1 heterocycles. The van der Waals surface area contributed by atoms with Crippen molar-refractivity contribution in [3.05, 3.63) is 100 Å². The molecule has 34 heavy (non-hydrogen) atoms. The fraction of sp³-hybridized carbons (Fsp3) is 0.0870. The minimum atomic E-state index is -0.783. The van der Waals surface area contributed by atoms with Crippen molar-refractivity contribution in [1.29, 1.82) is 0 Å². The highest BCUT2D eigenvalue weighted by molar-refractivity contribution is 7.99. The SMILES string of the molecule is O=C(CSc1nnc(-c2ccc(F)cc2)n1Cc1ccccc1)Nc1cc([N+](=O)[O-])ccc1F. The van der Waals surface area contributed by atoms with Crippen LogP contribution in [0.15, 0.2) is 78.0 Å². The standard InChI is InChI=1S/C23H17F2N5O3S/c24-17-8-6-16(7-9-17)22-27-28-23(29(22)13-15-4-2-1-3-5-15)34-14-21(31)26-20-12-18(30(32)33)10-11-19(20)25/h1-12H,13-14H2,(H,26,31). The van der Waals surface area contributed by atoms with Crippen molar-refractivity contribution in [3.8, 4) is 11.4 Å². The van der Waals surface area contributed by atoms with Crippen molar-refractivity contribution in [3.63, 3.8) is 0 Å². The van der Waals surface area contributed by atoms with Crippen LogP contribution >= 0.6 is 11.8 Å². The molecule has 0 saturated heterocycles. The van der Waals surface area contributed by atoms with Gasteiger partial charge >= 0.3 is 0 Å². The number of nitro benzene ring substituents is 1. The molecule has 1 aromatic heterocycles. The molecular weight excluding hydrogens is 464 g/mol. The van der Waals surface area contributed by atoms with Crippen LogP contribution in [-0.4, -0.2) is 31.3 Å². The number of hydrogen-bond acceptors (Lipinski definition) is 6. The van der Waals surface area contributed by atoms with Crippen LogP contribution in [0.25, 0.3) is 11.4 Å². The lowest BCUT2D eigenvalue weighted by Gasteiger charge is -2.11. The molecule has 1 amide bonds. The number of non-ortho nitro benzene ring substituents is 1. The van der Waals surface area contributed by atoms with Crippen LogP contribution in [0.3, 0.4) is 0 Å². The Labute approximate surface area is 196 Å². The number of nitro groups is 1. The van der Waals surface area contributed by atoms with Gasteiger partial charge in [0, 0.05) is 17.7 Å². The van der Waals surface area contributed by atoms with Gasteiger partial charge in [-0.25, -0.2) is 8.78 Å². The molecule has 172 valence electrons. The van der Waals surface area contributed by atoms with Gasteiger partial charge in [-0.1, -0.05) is 42.1 Å². The third kappa shape index (κ3) is 5.44. The van der Waals surface area contributed by atoms with Gasteiger partial charge in [-0.15, -0.1) is 10.2 Å². The van der Waals surface area contributed by atoms with Crippen LogP contribution in [-0.2, 0) is 11.3 Å². The second kappa shape index (κ2) is 10.2. The molecule has 11 heteroatoms. The summed E-state index contributed by atoms with van der Waals surface area (Å²) in [5.74, 6) is -1.37. The number of aromatic nitrogens is 3. The predicted octanol–water partition coefficient (Wildman–Crippen LogP) is 4.91. The summed E-state index contributed by atoms with van der Waals surface area (Å²) in [7, 11) is 0. The summed E-state index contributed by atoms with van der Waals surface area (Å²) in [5.41, 5.74) is 1.00. The van der Waals surface area contributed by atoms with Gasteiger partial charge in [0.1, 0.15) is 11.6 Å². The molecule has 0 aliphatic rings. The van der Waals surface area contributed by atoms with E-state index < -0.39 is 16.6 Å². The minimum absolute atomic E-state index is 0.140. The van der Waals surface area contributed by atoms with Gasteiger partial charge in [-0.2, -0.15) is 0 Å². The maximum atomic E-state index is 14.0. The summed E-state index contributed by atoms with van der Waals surface area (Å²) in [5, 5.41) is 22.1. The number of rotatable bonds is 8. The first kappa shape index (κ1) is 23.1. The van der Waals surface area contributed by atoms with E-state index in [4.69, 9.17) is 0 Å². The number of amides is 1. The third-order valence-corrected chi connectivity index (χ3v) is 5.74. The summed E-state index contributed by atoms with van der Waals surface area (Å²) >= 11 is 1.08. The van der Waals surface area contributed by atoms with Crippen LogP contribution in [0, 0.1) is 21.7 Å². The molecule has 0 aliphatic carbocycles. The molecule has 0 bridgehead atoms. The van der Waals surface area contributed by atoms with E-state index in [9.17, 15) is 23.7 Å². The van der Waals surface area contributed by atoms with Gasteiger partial charge in [-0.05, 0) is 35.9 Å². The Morgan fingerprint density at radius 1 is 1.03 bits per heavy atom.